The Labute approximate surface area is 122 Å². The quantitative estimate of drug-likeness (QED) is 0.860. The first-order valence-electron chi connectivity index (χ1n) is 6.29. The van der Waals surface area contributed by atoms with Crippen molar-refractivity contribution in [1.82, 2.24) is 0 Å². The van der Waals surface area contributed by atoms with E-state index in [0.29, 0.717) is 5.56 Å². The van der Waals surface area contributed by atoms with E-state index in [1.54, 1.807) is 0 Å². The number of nitrogens with one attached hydrogen (secondary N) is 1. The lowest BCUT2D eigenvalue weighted by Crippen LogP contribution is -1.98. The Morgan fingerprint density at radius 2 is 1.84 bits per heavy atom. The average Bonchev–Trinajstić information content (AvgIpc) is 2.41. The summed E-state index contributed by atoms with van der Waals surface area (Å²) >= 11 is 3.41. The molecule has 0 saturated heterocycles. The first-order valence-corrected chi connectivity index (χ1v) is 7.09. The van der Waals surface area contributed by atoms with Gasteiger partial charge in [0.25, 0.3) is 0 Å². The van der Waals surface area contributed by atoms with E-state index in [2.05, 4.69) is 40.3 Å². The van der Waals surface area contributed by atoms with Crippen LogP contribution in [0.2, 0.25) is 0 Å². The van der Waals surface area contributed by atoms with Crippen molar-refractivity contribution in [3.8, 4) is 6.07 Å². The van der Waals surface area contributed by atoms with Crippen LogP contribution in [0.4, 0.5) is 11.4 Å². The van der Waals surface area contributed by atoms with Crippen molar-refractivity contribution in [2.75, 3.05) is 5.32 Å². The molecule has 2 nitrogen and oxygen atoms in total. The van der Waals surface area contributed by atoms with Crippen LogP contribution in [0.25, 0.3) is 0 Å². The number of hydrogen-bond donors (Lipinski definition) is 1. The molecule has 0 saturated carbocycles. The summed E-state index contributed by atoms with van der Waals surface area (Å²) in [6.07, 6.45) is 2.13. The zero-order valence-electron chi connectivity index (χ0n) is 10.8. The van der Waals surface area contributed by atoms with Gasteiger partial charge in [0, 0.05) is 10.2 Å². The second kappa shape index (κ2) is 6.40. The molecule has 0 amide bonds. The fourth-order valence-corrected chi connectivity index (χ4v) is 2.47. The molecule has 0 fully saturated rings. The number of nitrogens with zero attached hydrogens (tertiary/aromatic N) is 1. The lowest BCUT2D eigenvalue weighted by Gasteiger charge is -2.13. The smallest absolute Gasteiger partial charge is 0.103 e. The minimum Gasteiger partial charge on any atom is -0.354 e. The van der Waals surface area contributed by atoms with Crippen LogP contribution in [0.5, 0.6) is 0 Å². The normalized spacial score (nSPS) is 9.95. The molecule has 0 radical (unpaired) electrons. The van der Waals surface area contributed by atoms with Crippen LogP contribution in [0, 0.1) is 11.3 Å². The predicted molar refractivity (Wildman–Crippen MR) is 82.6 cm³/mol. The third-order valence-corrected chi connectivity index (χ3v) is 3.59. The fourth-order valence-electron chi connectivity index (χ4n) is 2.02. The molecule has 2 aromatic rings. The molecule has 0 aliphatic carbocycles. The molecule has 0 unspecified atom stereocenters. The van der Waals surface area contributed by atoms with E-state index in [1.807, 2.05) is 36.4 Å². The molecule has 0 heterocycles. The molecule has 3 heteroatoms. The maximum Gasteiger partial charge on any atom is 0.103 e. The largest absolute Gasteiger partial charge is 0.354 e. The monoisotopic (exact) mass is 314 g/mol. The number of para-hydroxylation sites is 1. The van der Waals surface area contributed by atoms with Crippen LogP contribution in [0.15, 0.2) is 46.9 Å². The molecule has 19 heavy (non-hydrogen) atoms. The van der Waals surface area contributed by atoms with E-state index >= 15 is 0 Å². The Morgan fingerprint density at radius 1 is 1.11 bits per heavy atom. The van der Waals surface area contributed by atoms with E-state index in [0.717, 1.165) is 28.7 Å². The zero-order valence-corrected chi connectivity index (χ0v) is 12.4. The van der Waals surface area contributed by atoms with E-state index in [-0.39, 0.29) is 0 Å². The molecular formula is C16H15BrN2. The Kier molecular flexibility index (Phi) is 4.59. The van der Waals surface area contributed by atoms with Crippen LogP contribution in [0.3, 0.4) is 0 Å². The molecule has 0 aliphatic heterocycles. The number of hydrogen-bond acceptors (Lipinski definition) is 2. The van der Waals surface area contributed by atoms with Gasteiger partial charge < -0.3 is 5.32 Å². The summed E-state index contributed by atoms with van der Waals surface area (Å²) < 4.78 is 0.813. The van der Waals surface area contributed by atoms with Gasteiger partial charge in [-0.1, -0.05) is 37.6 Å². The van der Waals surface area contributed by atoms with Gasteiger partial charge in [-0.3, -0.25) is 0 Å². The van der Waals surface area contributed by atoms with Crippen molar-refractivity contribution in [1.29, 1.82) is 5.26 Å². The summed E-state index contributed by atoms with van der Waals surface area (Å²) in [5, 5.41) is 12.6. The average molecular weight is 315 g/mol. The van der Waals surface area contributed by atoms with Crippen LogP contribution in [-0.4, -0.2) is 0 Å². The summed E-state index contributed by atoms with van der Waals surface area (Å²) in [6, 6.07) is 16.2. The molecule has 1 N–H and O–H groups in total. The lowest BCUT2D eigenvalue weighted by atomic mass is 10.1. The van der Waals surface area contributed by atoms with Crippen LogP contribution < -0.4 is 5.32 Å². The summed E-state index contributed by atoms with van der Waals surface area (Å²) in [7, 11) is 0. The van der Waals surface area contributed by atoms with Crippen LogP contribution >= 0.6 is 15.9 Å². The number of rotatable bonds is 4. The molecule has 0 bridgehead atoms. The van der Waals surface area contributed by atoms with Gasteiger partial charge in [0.1, 0.15) is 6.07 Å². The Bertz CT molecular complexity index is 614. The van der Waals surface area contributed by atoms with Crippen molar-refractivity contribution in [3.63, 3.8) is 0 Å². The second-order valence-electron chi connectivity index (χ2n) is 4.31. The number of halogens is 1. The highest BCUT2D eigenvalue weighted by Gasteiger charge is 2.07. The van der Waals surface area contributed by atoms with Gasteiger partial charge in [-0.05, 0) is 46.1 Å². The Hall–Kier alpha value is -1.79. The minimum absolute atomic E-state index is 0.633. The van der Waals surface area contributed by atoms with E-state index in [9.17, 15) is 5.26 Å². The predicted octanol–water partition coefficient (Wildman–Crippen LogP) is 5.02. The van der Waals surface area contributed by atoms with Crippen molar-refractivity contribution >= 4 is 27.3 Å². The molecule has 0 aromatic heterocycles. The number of anilines is 2. The van der Waals surface area contributed by atoms with Gasteiger partial charge in [0.2, 0.25) is 0 Å². The first kappa shape index (κ1) is 13.6. The molecule has 2 rings (SSSR count). The Balaban J connectivity index is 2.37. The highest BCUT2D eigenvalue weighted by Crippen LogP contribution is 2.28. The van der Waals surface area contributed by atoms with Gasteiger partial charge in [0.05, 0.1) is 11.3 Å². The molecular weight excluding hydrogens is 300 g/mol. The summed E-state index contributed by atoms with van der Waals surface area (Å²) in [4.78, 5) is 0. The highest BCUT2D eigenvalue weighted by molar-refractivity contribution is 9.10. The second-order valence-corrected chi connectivity index (χ2v) is 5.16. The zero-order chi connectivity index (χ0) is 13.7. The molecule has 0 atom stereocenters. The SMILES string of the molecule is CCCc1ccccc1Nc1cccc(Br)c1C#N. The fraction of sp³-hybridized carbons (Fsp3) is 0.188. The standard InChI is InChI=1S/C16H15BrN2/c1-2-6-12-7-3-4-9-15(12)19-16-10-5-8-14(17)13(16)11-18/h3-5,7-10,19H,2,6H2,1H3. The van der Waals surface area contributed by atoms with Crippen molar-refractivity contribution in [2.45, 2.75) is 19.8 Å². The maximum atomic E-state index is 9.23. The van der Waals surface area contributed by atoms with Crippen molar-refractivity contribution in [2.24, 2.45) is 0 Å². The first-order chi connectivity index (χ1) is 9.26. The van der Waals surface area contributed by atoms with Crippen LogP contribution in [0.1, 0.15) is 24.5 Å². The highest BCUT2D eigenvalue weighted by atomic mass is 79.9. The minimum atomic E-state index is 0.633. The third-order valence-electron chi connectivity index (χ3n) is 2.93. The third kappa shape index (κ3) is 3.15. The van der Waals surface area contributed by atoms with Gasteiger partial charge >= 0.3 is 0 Å². The topological polar surface area (TPSA) is 35.8 Å². The van der Waals surface area contributed by atoms with Crippen LogP contribution in [-0.2, 0) is 6.42 Å². The van der Waals surface area contributed by atoms with Gasteiger partial charge in [-0.15, -0.1) is 0 Å². The van der Waals surface area contributed by atoms with Crippen molar-refractivity contribution < 1.29 is 0 Å². The number of nitriles is 1. The van der Waals surface area contributed by atoms with Crippen molar-refractivity contribution in [3.05, 3.63) is 58.1 Å². The number of benzene rings is 2. The van der Waals surface area contributed by atoms with Gasteiger partial charge in [0.15, 0.2) is 0 Å². The van der Waals surface area contributed by atoms with Gasteiger partial charge in [-0.2, -0.15) is 5.26 Å². The summed E-state index contributed by atoms with van der Waals surface area (Å²) in [5.74, 6) is 0. The summed E-state index contributed by atoms with van der Waals surface area (Å²) in [5.41, 5.74) is 3.81. The maximum absolute atomic E-state index is 9.23. The number of aryl methyl sites for hydroxylation is 1. The van der Waals surface area contributed by atoms with Gasteiger partial charge in [-0.25, -0.2) is 0 Å². The Morgan fingerprint density at radius 3 is 2.58 bits per heavy atom. The van der Waals surface area contributed by atoms with E-state index < -0.39 is 0 Å². The lowest BCUT2D eigenvalue weighted by molar-refractivity contribution is 0.923. The molecule has 96 valence electrons. The van der Waals surface area contributed by atoms with E-state index in [4.69, 9.17) is 0 Å². The molecule has 2 aromatic carbocycles. The molecule has 0 spiro atoms. The molecule has 0 aliphatic rings. The van der Waals surface area contributed by atoms with E-state index in [1.165, 1.54) is 5.56 Å². The summed E-state index contributed by atoms with van der Waals surface area (Å²) in [6.45, 7) is 2.16.